The van der Waals surface area contributed by atoms with Crippen LogP contribution < -0.4 is 0 Å². The lowest BCUT2D eigenvalue weighted by Crippen LogP contribution is -2.07. The molecule has 0 aliphatic rings. The van der Waals surface area contributed by atoms with Crippen molar-refractivity contribution >= 4 is 24.5 Å². The first-order valence-electron chi connectivity index (χ1n) is 8.27. The van der Waals surface area contributed by atoms with Gasteiger partial charge in [0.1, 0.15) is 19.3 Å². The molecule has 0 bridgehead atoms. The van der Waals surface area contributed by atoms with E-state index in [4.69, 9.17) is 14.3 Å². The molecule has 28 heavy (non-hydrogen) atoms. The summed E-state index contributed by atoms with van der Waals surface area (Å²) in [6.07, 6.45) is 2.99. The van der Waals surface area contributed by atoms with Gasteiger partial charge >= 0.3 is 5.97 Å². The lowest BCUT2D eigenvalue weighted by atomic mass is 10.0. The van der Waals surface area contributed by atoms with E-state index in [2.05, 4.69) is 21.9 Å². The van der Waals surface area contributed by atoms with Crippen LogP contribution in [0.25, 0.3) is 5.57 Å². The third-order valence-corrected chi connectivity index (χ3v) is 3.37. The highest BCUT2D eigenvalue weighted by molar-refractivity contribution is 6.16. The Morgan fingerprint density at radius 2 is 1.68 bits per heavy atom. The van der Waals surface area contributed by atoms with E-state index in [-0.39, 0.29) is 6.61 Å². The topological polar surface area (TPSA) is 78.7 Å². The van der Waals surface area contributed by atoms with E-state index in [1.165, 1.54) is 27.6 Å². The molecule has 0 N–H and O–H groups in total. The number of oxime groups is 2. The molecule has 0 unspecified atom stereocenters. The summed E-state index contributed by atoms with van der Waals surface area (Å²) in [6.45, 7) is 3.23. The molecule has 0 saturated carbocycles. The summed E-state index contributed by atoms with van der Waals surface area (Å²) in [5, 5.41) is 6.94. The fourth-order valence-corrected chi connectivity index (χ4v) is 2.10. The van der Waals surface area contributed by atoms with Gasteiger partial charge in [0.25, 0.3) is 0 Å². The molecule has 7 nitrogen and oxygen atoms in total. The van der Waals surface area contributed by atoms with Gasteiger partial charge in [0.2, 0.25) is 0 Å². The number of carbonyl (C=O) groups is 1. The SMILES string of the molecule is C=NOC.CO/C=C(\C(=O)OC)c1ccccc1CO/N=C\c1ccccc1. The first kappa shape index (κ1) is 22.4. The van der Waals surface area contributed by atoms with Crippen LogP contribution in [0.3, 0.4) is 0 Å². The van der Waals surface area contributed by atoms with Gasteiger partial charge < -0.3 is 19.1 Å². The molecule has 2 rings (SSSR count). The van der Waals surface area contributed by atoms with Crippen LogP contribution in [-0.4, -0.2) is 40.2 Å². The standard InChI is InChI=1S/C19H19NO4.C2H5NO/c1-22-14-18(19(21)23-2)17-11-7-6-10-16(17)13-24-20-12-15-8-4-3-5-9-15;1-3-4-2/h3-12,14H,13H2,1-2H3;1H2,2H3/b18-14-,20-12-;. The second kappa shape index (κ2) is 13.6. The predicted molar refractivity (Wildman–Crippen MR) is 109 cm³/mol. The van der Waals surface area contributed by atoms with Gasteiger partial charge in [-0.2, -0.15) is 0 Å². The second-order valence-corrected chi connectivity index (χ2v) is 5.15. The fourth-order valence-electron chi connectivity index (χ4n) is 2.10. The van der Waals surface area contributed by atoms with Crippen LogP contribution in [0.15, 0.2) is 71.2 Å². The highest BCUT2D eigenvalue weighted by Crippen LogP contribution is 2.21. The Morgan fingerprint density at radius 3 is 2.29 bits per heavy atom. The van der Waals surface area contributed by atoms with Gasteiger partial charge in [-0.15, -0.1) is 5.16 Å². The Labute approximate surface area is 164 Å². The molecule has 0 heterocycles. The van der Waals surface area contributed by atoms with Crippen molar-refractivity contribution in [3.8, 4) is 0 Å². The monoisotopic (exact) mass is 384 g/mol. The Bertz CT molecular complexity index is 788. The summed E-state index contributed by atoms with van der Waals surface area (Å²) >= 11 is 0. The maximum atomic E-state index is 11.9. The van der Waals surface area contributed by atoms with Crippen LogP contribution in [-0.2, 0) is 30.6 Å². The van der Waals surface area contributed by atoms with Gasteiger partial charge in [-0.25, -0.2) is 4.79 Å². The number of rotatable bonds is 8. The van der Waals surface area contributed by atoms with Gasteiger partial charge in [-0.05, 0) is 11.1 Å². The number of ether oxygens (including phenoxy) is 2. The molecule has 0 saturated heterocycles. The number of carbonyl (C=O) groups excluding carboxylic acids is 1. The average molecular weight is 384 g/mol. The number of hydrogen-bond donors (Lipinski definition) is 0. The Morgan fingerprint density at radius 1 is 1.04 bits per heavy atom. The van der Waals surface area contributed by atoms with Gasteiger partial charge in [-0.3, -0.25) is 0 Å². The number of methoxy groups -OCH3 is 2. The van der Waals surface area contributed by atoms with Crippen LogP contribution in [0.4, 0.5) is 0 Å². The van der Waals surface area contributed by atoms with Crippen LogP contribution in [0.1, 0.15) is 16.7 Å². The first-order valence-corrected chi connectivity index (χ1v) is 8.27. The maximum absolute atomic E-state index is 11.9. The van der Waals surface area contributed by atoms with Gasteiger partial charge in [0.15, 0.2) is 0 Å². The lowest BCUT2D eigenvalue weighted by Gasteiger charge is -2.10. The van der Waals surface area contributed by atoms with E-state index < -0.39 is 5.97 Å². The minimum Gasteiger partial charge on any atom is -0.503 e. The predicted octanol–water partition coefficient (Wildman–Crippen LogP) is 3.65. The summed E-state index contributed by atoms with van der Waals surface area (Å²) < 4.78 is 9.79. The molecule has 0 aliphatic heterocycles. The lowest BCUT2D eigenvalue weighted by molar-refractivity contribution is -0.133. The van der Waals surface area contributed by atoms with Gasteiger partial charge in [0, 0.05) is 12.3 Å². The first-order chi connectivity index (χ1) is 13.7. The highest BCUT2D eigenvalue weighted by atomic mass is 16.6. The van der Waals surface area contributed by atoms with Crippen molar-refractivity contribution < 1.29 is 23.9 Å². The van der Waals surface area contributed by atoms with Crippen LogP contribution >= 0.6 is 0 Å². The Kier molecular flexibility index (Phi) is 10.9. The van der Waals surface area contributed by atoms with E-state index in [9.17, 15) is 4.79 Å². The maximum Gasteiger partial charge on any atom is 0.341 e. The largest absolute Gasteiger partial charge is 0.503 e. The summed E-state index contributed by atoms with van der Waals surface area (Å²) in [4.78, 5) is 21.3. The molecule has 0 amide bonds. The summed E-state index contributed by atoms with van der Waals surface area (Å²) in [5.41, 5.74) is 2.75. The van der Waals surface area contributed by atoms with E-state index in [1.54, 1.807) is 12.3 Å². The van der Waals surface area contributed by atoms with E-state index >= 15 is 0 Å². The Hall–Kier alpha value is -3.61. The quantitative estimate of drug-likeness (QED) is 0.228. The van der Waals surface area contributed by atoms with Crippen molar-refractivity contribution in [3.63, 3.8) is 0 Å². The molecule has 2 aromatic carbocycles. The molecule has 0 aromatic heterocycles. The number of hydrogen-bond acceptors (Lipinski definition) is 7. The van der Waals surface area contributed by atoms with Crippen molar-refractivity contribution in [2.75, 3.05) is 21.3 Å². The van der Waals surface area contributed by atoms with Crippen molar-refractivity contribution in [1.29, 1.82) is 0 Å². The zero-order chi connectivity index (χ0) is 20.6. The van der Waals surface area contributed by atoms with Crippen molar-refractivity contribution in [1.82, 2.24) is 0 Å². The van der Waals surface area contributed by atoms with Crippen molar-refractivity contribution in [2.24, 2.45) is 10.3 Å². The van der Waals surface area contributed by atoms with Crippen molar-refractivity contribution in [3.05, 3.63) is 77.5 Å². The highest BCUT2D eigenvalue weighted by Gasteiger charge is 2.16. The zero-order valence-electron chi connectivity index (χ0n) is 16.2. The minimum absolute atomic E-state index is 0.220. The van der Waals surface area contributed by atoms with E-state index in [0.717, 1.165) is 11.1 Å². The Balaban J connectivity index is 0.000000892. The fraction of sp³-hybridized carbons (Fsp3) is 0.190. The molecule has 0 radical (unpaired) electrons. The zero-order valence-corrected chi connectivity index (χ0v) is 16.2. The summed E-state index contributed by atoms with van der Waals surface area (Å²) in [6, 6.07) is 17.0. The van der Waals surface area contributed by atoms with Gasteiger partial charge in [-0.1, -0.05) is 59.8 Å². The molecule has 2 aromatic rings. The third-order valence-electron chi connectivity index (χ3n) is 3.37. The summed E-state index contributed by atoms with van der Waals surface area (Å²) in [7, 11) is 4.26. The number of nitrogens with zero attached hydrogens (tertiary/aromatic N) is 2. The van der Waals surface area contributed by atoms with E-state index in [0.29, 0.717) is 11.1 Å². The van der Waals surface area contributed by atoms with Gasteiger partial charge in [0.05, 0.1) is 26.7 Å². The molecular weight excluding hydrogens is 360 g/mol. The second-order valence-electron chi connectivity index (χ2n) is 5.15. The smallest absolute Gasteiger partial charge is 0.341 e. The summed E-state index contributed by atoms with van der Waals surface area (Å²) in [5.74, 6) is -0.475. The number of esters is 1. The minimum atomic E-state index is -0.475. The molecule has 0 spiro atoms. The van der Waals surface area contributed by atoms with Crippen molar-refractivity contribution in [2.45, 2.75) is 6.61 Å². The molecular formula is C21H24N2O5. The van der Waals surface area contributed by atoms with Crippen LogP contribution in [0.5, 0.6) is 0 Å². The normalized spacial score (nSPS) is 10.5. The molecule has 0 aliphatic carbocycles. The molecule has 148 valence electrons. The molecule has 7 heteroatoms. The molecule has 0 atom stereocenters. The van der Waals surface area contributed by atoms with E-state index in [1.807, 2.05) is 48.5 Å². The molecule has 0 fully saturated rings. The third kappa shape index (κ3) is 7.74. The number of benzene rings is 2. The average Bonchev–Trinajstić information content (AvgIpc) is 2.76. The van der Waals surface area contributed by atoms with Crippen LogP contribution in [0, 0.1) is 0 Å². The van der Waals surface area contributed by atoms with Crippen LogP contribution in [0.2, 0.25) is 0 Å².